The molecule has 0 radical (unpaired) electrons. The third kappa shape index (κ3) is 2.76. The van der Waals surface area contributed by atoms with E-state index in [2.05, 4.69) is 25.9 Å². The number of nitrogens with one attached hydrogen (secondary N) is 2. The average Bonchev–Trinajstić information content (AvgIpc) is 2.72. The summed E-state index contributed by atoms with van der Waals surface area (Å²) in [7, 11) is 0. The fourth-order valence-electron chi connectivity index (χ4n) is 2.84. The first-order valence-electron chi connectivity index (χ1n) is 6.87. The van der Waals surface area contributed by atoms with Gasteiger partial charge in [-0.05, 0) is 37.1 Å². The zero-order chi connectivity index (χ0) is 15.9. The summed E-state index contributed by atoms with van der Waals surface area (Å²) < 4.78 is 0.978. The van der Waals surface area contributed by atoms with E-state index < -0.39 is 11.2 Å². The number of hydrogen-bond donors (Lipinski definition) is 2. The number of benzene rings is 1. The number of carbonyl (C=O) groups excluding carboxylic acids is 1. The third-order valence-corrected chi connectivity index (χ3v) is 4.18. The molecule has 0 saturated carbocycles. The molecule has 2 N–H and O–H groups in total. The molecule has 1 atom stereocenters. The molecule has 1 aliphatic rings. The van der Waals surface area contributed by atoms with Gasteiger partial charge in [0.2, 0.25) is 5.91 Å². The molecule has 114 valence electrons. The van der Waals surface area contributed by atoms with Crippen molar-refractivity contribution in [2.24, 2.45) is 0 Å². The minimum Gasteiger partial charge on any atom is -0.311 e. The van der Waals surface area contributed by atoms with Gasteiger partial charge in [0, 0.05) is 28.0 Å². The molecule has 1 amide bonds. The van der Waals surface area contributed by atoms with Crippen LogP contribution in [-0.2, 0) is 17.6 Å². The van der Waals surface area contributed by atoms with E-state index in [0.717, 1.165) is 22.1 Å². The minimum absolute atomic E-state index is 0.0149. The van der Waals surface area contributed by atoms with Crippen molar-refractivity contribution in [1.82, 2.24) is 9.97 Å². The highest BCUT2D eigenvalue weighted by Gasteiger charge is 2.30. The van der Waals surface area contributed by atoms with Crippen molar-refractivity contribution in [3.63, 3.8) is 0 Å². The summed E-state index contributed by atoms with van der Waals surface area (Å²) in [4.78, 5) is 41.5. The smallest absolute Gasteiger partial charge is 0.311 e. The number of fused-ring (bicyclic) bond motifs is 1. The first-order chi connectivity index (χ1) is 10.4. The van der Waals surface area contributed by atoms with Crippen molar-refractivity contribution in [2.75, 3.05) is 4.90 Å². The van der Waals surface area contributed by atoms with Crippen molar-refractivity contribution >= 4 is 27.5 Å². The molecular weight excluding hydrogens is 350 g/mol. The van der Waals surface area contributed by atoms with Crippen LogP contribution in [-0.4, -0.2) is 21.9 Å². The van der Waals surface area contributed by atoms with Crippen LogP contribution in [0.15, 0.2) is 38.3 Å². The van der Waals surface area contributed by atoms with E-state index in [0.29, 0.717) is 5.69 Å². The van der Waals surface area contributed by atoms with Crippen molar-refractivity contribution in [3.05, 3.63) is 60.8 Å². The quantitative estimate of drug-likeness (QED) is 0.844. The SMILES string of the molecule is CC1Cc2cc(Br)ccc2N1C(=O)Cc1cc(=O)[nH]c(=O)[nH]1. The molecule has 0 bridgehead atoms. The lowest BCUT2D eigenvalue weighted by Gasteiger charge is -2.22. The van der Waals surface area contributed by atoms with Crippen molar-refractivity contribution in [3.8, 4) is 0 Å². The van der Waals surface area contributed by atoms with Crippen LogP contribution >= 0.6 is 15.9 Å². The number of rotatable bonds is 2. The second-order valence-electron chi connectivity index (χ2n) is 5.38. The summed E-state index contributed by atoms with van der Waals surface area (Å²) in [5, 5.41) is 0. The van der Waals surface area contributed by atoms with Crippen LogP contribution in [0.3, 0.4) is 0 Å². The van der Waals surface area contributed by atoms with Crippen LogP contribution < -0.4 is 16.1 Å². The van der Waals surface area contributed by atoms with Gasteiger partial charge in [-0.3, -0.25) is 14.6 Å². The maximum Gasteiger partial charge on any atom is 0.325 e. The molecule has 22 heavy (non-hydrogen) atoms. The Labute approximate surface area is 134 Å². The summed E-state index contributed by atoms with van der Waals surface area (Å²) in [6.07, 6.45) is 0.769. The molecule has 0 fully saturated rings. The number of aromatic amines is 2. The van der Waals surface area contributed by atoms with E-state index in [4.69, 9.17) is 0 Å². The van der Waals surface area contributed by atoms with Crippen LogP contribution in [0, 0.1) is 0 Å². The molecule has 6 nitrogen and oxygen atoms in total. The van der Waals surface area contributed by atoms with Gasteiger partial charge in [0.15, 0.2) is 0 Å². The summed E-state index contributed by atoms with van der Waals surface area (Å²) in [5.41, 5.74) is 1.19. The van der Waals surface area contributed by atoms with Gasteiger partial charge in [0.05, 0.1) is 6.42 Å². The van der Waals surface area contributed by atoms with E-state index in [1.165, 1.54) is 6.07 Å². The van der Waals surface area contributed by atoms with E-state index in [1.807, 2.05) is 25.1 Å². The maximum atomic E-state index is 12.6. The fourth-order valence-corrected chi connectivity index (χ4v) is 3.25. The van der Waals surface area contributed by atoms with Gasteiger partial charge >= 0.3 is 5.69 Å². The molecule has 0 aliphatic carbocycles. The normalized spacial score (nSPS) is 16.6. The van der Waals surface area contributed by atoms with E-state index >= 15 is 0 Å². The largest absolute Gasteiger partial charge is 0.325 e. The molecule has 2 aromatic rings. The Hall–Kier alpha value is -2.15. The lowest BCUT2D eigenvalue weighted by atomic mass is 10.1. The fraction of sp³-hybridized carbons (Fsp3) is 0.267. The van der Waals surface area contributed by atoms with Gasteiger partial charge < -0.3 is 9.88 Å². The van der Waals surface area contributed by atoms with Gasteiger partial charge in [-0.25, -0.2) is 4.79 Å². The third-order valence-electron chi connectivity index (χ3n) is 3.68. The molecule has 1 aromatic heterocycles. The molecule has 2 heterocycles. The van der Waals surface area contributed by atoms with E-state index in [1.54, 1.807) is 4.90 Å². The number of anilines is 1. The number of aromatic nitrogens is 2. The molecule has 1 aromatic carbocycles. The van der Waals surface area contributed by atoms with Crippen LogP contribution in [0.25, 0.3) is 0 Å². The highest BCUT2D eigenvalue weighted by atomic mass is 79.9. The predicted octanol–water partition coefficient (Wildman–Crippen LogP) is 1.35. The molecule has 0 saturated heterocycles. The molecule has 3 rings (SSSR count). The van der Waals surface area contributed by atoms with Crippen molar-refractivity contribution in [2.45, 2.75) is 25.8 Å². The highest BCUT2D eigenvalue weighted by molar-refractivity contribution is 9.10. The number of carbonyl (C=O) groups is 1. The summed E-state index contributed by atoms with van der Waals surface area (Å²) in [6, 6.07) is 7.09. The Kier molecular flexibility index (Phi) is 3.74. The van der Waals surface area contributed by atoms with E-state index in [-0.39, 0.29) is 18.4 Å². The van der Waals surface area contributed by atoms with Gasteiger partial charge in [-0.1, -0.05) is 15.9 Å². The second kappa shape index (κ2) is 5.57. The summed E-state index contributed by atoms with van der Waals surface area (Å²) in [6.45, 7) is 1.98. The first kappa shape index (κ1) is 14.8. The maximum absolute atomic E-state index is 12.6. The highest BCUT2D eigenvalue weighted by Crippen LogP contribution is 2.34. The predicted molar refractivity (Wildman–Crippen MR) is 86.2 cm³/mol. The van der Waals surface area contributed by atoms with Crippen LogP contribution in [0.2, 0.25) is 0 Å². The Balaban J connectivity index is 1.90. The number of nitrogens with zero attached hydrogens (tertiary/aromatic N) is 1. The summed E-state index contributed by atoms with van der Waals surface area (Å²) >= 11 is 3.43. The average molecular weight is 364 g/mol. The van der Waals surface area contributed by atoms with Crippen molar-refractivity contribution in [1.29, 1.82) is 0 Å². The van der Waals surface area contributed by atoms with Crippen LogP contribution in [0.5, 0.6) is 0 Å². The molecular formula is C15H14BrN3O3. The lowest BCUT2D eigenvalue weighted by Crippen LogP contribution is -2.37. The monoisotopic (exact) mass is 363 g/mol. The molecule has 0 spiro atoms. The number of H-pyrrole nitrogens is 2. The zero-order valence-corrected chi connectivity index (χ0v) is 13.4. The Morgan fingerprint density at radius 2 is 2.09 bits per heavy atom. The number of amides is 1. The summed E-state index contributed by atoms with van der Waals surface area (Å²) in [5.74, 6) is -0.144. The van der Waals surface area contributed by atoms with Gasteiger partial charge in [0.25, 0.3) is 5.56 Å². The Bertz CT molecular complexity index is 827. The Morgan fingerprint density at radius 1 is 1.32 bits per heavy atom. The standard InChI is InChI=1S/C15H14BrN3O3/c1-8-4-9-5-10(16)2-3-12(9)19(8)14(21)7-11-6-13(20)18-15(22)17-11/h2-3,5-6,8H,4,7H2,1H3,(H2,17,18,20,22). The first-order valence-corrected chi connectivity index (χ1v) is 7.66. The number of halogens is 1. The van der Waals surface area contributed by atoms with Gasteiger partial charge in [-0.2, -0.15) is 0 Å². The van der Waals surface area contributed by atoms with Gasteiger partial charge in [0.1, 0.15) is 0 Å². The zero-order valence-electron chi connectivity index (χ0n) is 11.9. The number of hydrogen-bond acceptors (Lipinski definition) is 3. The molecule has 1 unspecified atom stereocenters. The molecule has 7 heteroatoms. The minimum atomic E-state index is -0.603. The lowest BCUT2D eigenvalue weighted by molar-refractivity contribution is -0.118. The van der Waals surface area contributed by atoms with Crippen LogP contribution in [0.4, 0.5) is 5.69 Å². The van der Waals surface area contributed by atoms with Crippen LogP contribution in [0.1, 0.15) is 18.2 Å². The Morgan fingerprint density at radius 3 is 2.82 bits per heavy atom. The molecule has 1 aliphatic heterocycles. The van der Waals surface area contributed by atoms with Crippen molar-refractivity contribution < 1.29 is 4.79 Å². The van der Waals surface area contributed by atoms with E-state index in [9.17, 15) is 14.4 Å². The second-order valence-corrected chi connectivity index (χ2v) is 6.30. The topological polar surface area (TPSA) is 86.0 Å². The van der Waals surface area contributed by atoms with Gasteiger partial charge in [-0.15, -0.1) is 0 Å².